The highest BCUT2D eigenvalue weighted by Gasteiger charge is 2.03. The van der Waals surface area contributed by atoms with Crippen LogP contribution >= 0.6 is 0 Å². The van der Waals surface area contributed by atoms with Crippen LogP contribution in [0.4, 0.5) is 0 Å². The average molecular weight is 212 g/mol. The van der Waals surface area contributed by atoms with Crippen LogP contribution in [-0.4, -0.2) is 7.11 Å². The third kappa shape index (κ3) is 2.87. The van der Waals surface area contributed by atoms with Crippen LogP contribution in [-0.2, 0) is 6.42 Å². The topological polar surface area (TPSA) is 56.8 Å². The Kier molecular flexibility index (Phi) is 4.12. The highest BCUT2D eigenvalue weighted by Crippen LogP contribution is 2.16. The number of ether oxygens (including phenoxy) is 1. The van der Waals surface area contributed by atoms with Gasteiger partial charge in [0.15, 0.2) is 0 Å². The maximum atomic E-state index is 8.72. The highest BCUT2D eigenvalue weighted by atomic mass is 16.5. The summed E-state index contributed by atoms with van der Waals surface area (Å²) in [5.74, 6) is 0.778. The molecular formula is C13H12N2O. The molecule has 0 aliphatic carbocycles. The van der Waals surface area contributed by atoms with Gasteiger partial charge >= 0.3 is 0 Å². The second-order valence-electron chi connectivity index (χ2n) is 3.41. The Labute approximate surface area is 95.2 Å². The predicted molar refractivity (Wildman–Crippen MR) is 60.6 cm³/mol. The standard InChI is InChI=1S/C13H12N2O/c1-10(12(8-14)9-15)6-11-4-3-5-13(7-11)16-2/h3-5,7H,6H2,1-2H3. The van der Waals surface area contributed by atoms with E-state index < -0.39 is 0 Å². The van der Waals surface area contributed by atoms with Crippen molar-refractivity contribution in [3.8, 4) is 17.9 Å². The molecule has 1 aromatic carbocycles. The van der Waals surface area contributed by atoms with Crippen molar-refractivity contribution in [2.75, 3.05) is 7.11 Å². The lowest BCUT2D eigenvalue weighted by atomic mass is 10.0. The van der Waals surface area contributed by atoms with Crippen LogP contribution in [0.2, 0.25) is 0 Å². The molecule has 0 spiro atoms. The first-order chi connectivity index (χ1) is 7.71. The summed E-state index contributed by atoms with van der Waals surface area (Å²) in [5, 5.41) is 17.4. The molecule has 0 unspecified atom stereocenters. The molecule has 0 N–H and O–H groups in total. The van der Waals surface area contributed by atoms with Crippen molar-refractivity contribution in [1.29, 1.82) is 10.5 Å². The number of allylic oxidation sites excluding steroid dienone is 2. The number of hydrogen-bond acceptors (Lipinski definition) is 3. The maximum absolute atomic E-state index is 8.72. The molecule has 0 radical (unpaired) electrons. The molecule has 0 fully saturated rings. The van der Waals surface area contributed by atoms with Crippen molar-refractivity contribution in [2.24, 2.45) is 0 Å². The van der Waals surface area contributed by atoms with Crippen LogP contribution < -0.4 is 4.74 Å². The molecule has 0 saturated heterocycles. The Balaban J connectivity index is 2.94. The van der Waals surface area contributed by atoms with E-state index in [1.165, 1.54) is 0 Å². The van der Waals surface area contributed by atoms with Gasteiger partial charge in [0.25, 0.3) is 0 Å². The molecule has 0 atom stereocenters. The normalized spacial score (nSPS) is 8.75. The number of methoxy groups -OCH3 is 1. The highest BCUT2D eigenvalue weighted by molar-refractivity contribution is 5.42. The third-order valence-electron chi connectivity index (χ3n) is 2.25. The van der Waals surface area contributed by atoms with E-state index in [-0.39, 0.29) is 5.57 Å². The lowest BCUT2D eigenvalue weighted by Gasteiger charge is -2.04. The summed E-state index contributed by atoms with van der Waals surface area (Å²) in [5.41, 5.74) is 1.99. The number of rotatable bonds is 3. The molecule has 16 heavy (non-hydrogen) atoms. The van der Waals surface area contributed by atoms with Crippen molar-refractivity contribution < 1.29 is 4.74 Å². The van der Waals surface area contributed by atoms with Gasteiger partial charge in [-0.1, -0.05) is 12.1 Å². The smallest absolute Gasteiger partial charge is 0.128 e. The minimum atomic E-state index is 0.183. The Morgan fingerprint density at radius 2 is 2.00 bits per heavy atom. The molecule has 0 aliphatic rings. The summed E-state index contributed by atoms with van der Waals surface area (Å²) in [6.07, 6.45) is 0.591. The van der Waals surface area contributed by atoms with Crippen LogP contribution in [0.25, 0.3) is 0 Å². The van der Waals surface area contributed by atoms with Crippen molar-refractivity contribution in [3.63, 3.8) is 0 Å². The molecule has 0 heterocycles. The van der Waals surface area contributed by atoms with E-state index in [1.807, 2.05) is 36.4 Å². The Morgan fingerprint density at radius 1 is 1.31 bits per heavy atom. The van der Waals surface area contributed by atoms with Gasteiger partial charge in [-0.05, 0) is 36.6 Å². The Morgan fingerprint density at radius 3 is 2.56 bits per heavy atom. The quantitative estimate of drug-likeness (QED) is 0.723. The maximum Gasteiger partial charge on any atom is 0.128 e. The Hall–Kier alpha value is -2.26. The van der Waals surface area contributed by atoms with E-state index in [0.29, 0.717) is 6.42 Å². The molecule has 1 aromatic rings. The van der Waals surface area contributed by atoms with Gasteiger partial charge in [-0.15, -0.1) is 0 Å². The van der Waals surface area contributed by atoms with E-state index in [0.717, 1.165) is 16.9 Å². The van der Waals surface area contributed by atoms with Gasteiger partial charge in [0, 0.05) is 0 Å². The van der Waals surface area contributed by atoms with Gasteiger partial charge in [0.2, 0.25) is 0 Å². The minimum absolute atomic E-state index is 0.183. The van der Waals surface area contributed by atoms with Crippen molar-refractivity contribution in [3.05, 3.63) is 41.0 Å². The number of benzene rings is 1. The summed E-state index contributed by atoms with van der Waals surface area (Å²) < 4.78 is 5.10. The lowest BCUT2D eigenvalue weighted by molar-refractivity contribution is 0.414. The fourth-order valence-electron chi connectivity index (χ4n) is 1.39. The van der Waals surface area contributed by atoms with Crippen molar-refractivity contribution >= 4 is 0 Å². The number of nitriles is 2. The van der Waals surface area contributed by atoms with Gasteiger partial charge in [-0.3, -0.25) is 0 Å². The molecule has 0 amide bonds. The summed E-state index contributed by atoms with van der Waals surface area (Å²) in [7, 11) is 1.61. The van der Waals surface area contributed by atoms with Crippen LogP contribution in [0.5, 0.6) is 5.75 Å². The summed E-state index contributed by atoms with van der Waals surface area (Å²) in [6, 6.07) is 11.4. The van der Waals surface area contributed by atoms with E-state index in [9.17, 15) is 0 Å². The molecule has 0 aliphatic heterocycles. The Bertz CT molecular complexity index is 473. The lowest BCUT2D eigenvalue weighted by Crippen LogP contribution is -1.92. The molecule has 3 heteroatoms. The summed E-state index contributed by atoms with van der Waals surface area (Å²) >= 11 is 0. The number of nitrogens with zero attached hydrogens (tertiary/aromatic N) is 2. The fraction of sp³-hybridized carbons (Fsp3) is 0.231. The molecule has 1 rings (SSSR count). The van der Waals surface area contributed by atoms with Gasteiger partial charge in [0.1, 0.15) is 23.5 Å². The van der Waals surface area contributed by atoms with Crippen LogP contribution in [0.3, 0.4) is 0 Å². The van der Waals surface area contributed by atoms with Gasteiger partial charge in [0.05, 0.1) is 7.11 Å². The van der Waals surface area contributed by atoms with Gasteiger partial charge in [-0.25, -0.2) is 0 Å². The van der Waals surface area contributed by atoms with Crippen molar-refractivity contribution in [2.45, 2.75) is 13.3 Å². The monoisotopic (exact) mass is 212 g/mol. The third-order valence-corrected chi connectivity index (χ3v) is 2.25. The predicted octanol–water partition coefficient (Wildman–Crippen LogP) is 2.60. The summed E-state index contributed by atoms with van der Waals surface area (Å²) in [6.45, 7) is 1.79. The zero-order valence-corrected chi connectivity index (χ0v) is 9.32. The van der Waals surface area contributed by atoms with Crippen molar-refractivity contribution in [1.82, 2.24) is 0 Å². The second-order valence-corrected chi connectivity index (χ2v) is 3.41. The molecule has 0 aromatic heterocycles. The first-order valence-electron chi connectivity index (χ1n) is 4.84. The van der Waals surface area contributed by atoms with Crippen LogP contribution in [0, 0.1) is 22.7 Å². The second kappa shape index (κ2) is 5.58. The fourth-order valence-corrected chi connectivity index (χ4v) is 1.39. The largest absolute Gasteiger partial charge is 0.497 e. The van der Waals surface area contributed by atoms with E-state index in [2.05, 4.69) is 0 Å². The number of hydrogen-bond donors (Lipinski definition) is 0. The zero-order valence-electron chi connectivity index (χ0n) is 9.32. The van der Waals surface area contributed by atoms with E-state index >= 15 is 0 Å². The SMILES string of the molecule is COc1cccc(CC(C)=C(C#N)C#N)c1. The zero-order chi connectivity index (χ0) is 12.0. The van der Waals surface area contributed by atoms with Crippen LogP contribution in [0.1, 0.15) is 12.5 Å². The molecule has 0 bridgehead atoms. The molecule has 0 saturated carbocycles. The van der Waals surface area contributed by atoms with Gasteiger partial charge < -0.3 is 4.74 Å². The van der Waals surface area contributed by atoms with E-state index in [1.54, 1.807) is 14.0 Å². The van der Waals surface area contributed by atoms with Crippen LogP contribution in [0.15, 0.2) is 35.4 Å². The first kappa shape index (κ1) is 11.8. The molecule has 80 valence electrons. The van der Waals surface area contributed by atoms with E-state index in [4.69, 9.17) is 15.3 Å². The average Bonchev–Trinajstić information content (AvgIpc) is 2.31. The summed E-state index contributed by atoms with van der Waals surface area (Å²) in [4.78, 5) is 0. The molecule has 3 nitrogen and oxygen atoms in total. The molecular weight excluding hydrogens is 200 g/mol. The first-order valence-corrected chi connectivity index (χ1v) is 4.84. The minimum Gasteiger partial charge on any atom is -0.497 e. The van der Waals surface area contributed by atoms with Gasteiger partial charge in [-0.2, -0.15) is 10.5 Å².